The van der Waals surface area contributed by atoms with Crippen molar-refractivity contribution >= 4 is 27.5 Å². The highest BCUT2D eigenvalue weighted by molar-refractivity contribution is 7.18. The molecule has 0 unspecified atom stereocenters. The van der Waals surface area contributed by atoms with Crippen LogP contribution in [0.3, 0.4) is 0 Å². The summed E-state index contributed by atoms with van der Waals surface area (Å²) in [5.41, 5.74) is 2.52. The zero-order valence-corrected chi connectivity index (χ0v) is 11.5. The molecule has 0 aliphatic carbocycles. The number of hydrogen-bond donors (Lipinski definition) is 2. The molecule has 7 heteroatoms. The summed E-state index contributed by atoms with van der Waals surface area (Å²) in [6.07, 6.45) is 4.53. The Morgan fingerprint density at radius 3 is 3.00 bits per heavy atom. The lowest BCUT2D eigenvalue weighted by atomic mass is 10.3. The molecule has 3 aromatic heterocycles. The first-order valence-corrected chi connectivity index (χ1v) is 6.82. The predicted octanol–water partition coefficient (Wildman–Crippen LogP) is 2.03. The van der Waals surface area contributed by atoms with Gasteiger partial charge in [-0.15, -0.1) is 11.3 Å². The lowest BCUT2D eigenvalue weighted by molar-refractivity contribution is 0.871. The Hall–Kier alpha value is -1.99. The van der Waals surface area contributed by atoms with Gasteiger partial charge in [0.25, 0.3) is 0 Å². The number of nitrogen functional groups attached to an aromatic ring is 1. The third kappa shape index (κ3) is 1.96. The largest absolute Gasteiger partial charge is 0.292 e. The Morgan fingerprint density at radius 2 is 2.26 bits per heavy atom. The van der Waals surface area contributed by atoms with Crippen LogP contribution in [0.25, 0.3) is 16.0 Å². The summed E-state index contributed by atoms with van der Waals surface area (Å²) in [4.78, 5) is 15.3. The molecule has 0 aliphatic heterocycles. The van der Waals surface area contributed by atoms with E-state index in [2.05, 4.69) is 40.3 Å². The molecule has 0 saturated heterocycles. The van der Waals surface area contributed by atoms with Crippen LogP contribution in [0.1, 0.15) is 17.6 Å². The zero-order valence-electron chi connectivity index (χ0n) is 10.7. The number of aromatic nitrogens is 4. The summed E-state index contributed by atoms with van der Waals surface area (Å²) in [6, 6.07) is 2.09. The number of nitrogens with two attached hydrogens (primary N) is 1. The van der Waals surface area contributed by atoms with Crippen molar-refractivity contribution in [3.8, 4) is 5.82 Å². The van der Waals surface area contributed by atoms with E-state index in [0.717, 1.165) is 28.3 Å². The maximum absolute atomic E-state index is 5.45. The van der Waals surface area contributed by atoms with E-state index in [-0.39, 0.29) is 0 Å². The maximum Gasteiger partial charge on any atom is 0.240 e. The second-order valence-corrected chi connectivity index (χ2v) is 5.39. The van der Waals surface area contributed by atoms with Crippen molar-refractivity contribution in [2.45, 2.75) is 20.3 Å². The van der Waals surface area contributed by atoms with Gasteiger partial charge in [-0.25, -0.2) is 15.8 Å². The fraction of sp³-hybridized carbons (Fsp3) is 0.250. The first-order valence-electron chi connectivity index (χ1n) is 6.00. The van der Waals surface area contributed by atoms with Gasteiger partial charge in [0.05, 0.1) is 5.39 Å². The highest BCUT2D eigenvalue weighted by Crippen LogP contribution is 2.29. The fourth-order valence-corrected chi connectivity index (χ4v) is 2.94. The highest BCUT2D eigenvalue weighted by Gasteiger charge is 2.13. The molecular weight excluding hydrogens is 260 g/mol. The number of fused-ring (bicyclic) bond motifs is 1. The van der Waals surface area contributed by atoms with Crippen LogP contribution in [0.2, 0.25) is 0 Å². The van der Waals surface area contributed by atoms with E-state index in [1.165, 1.54) is 4.88 Å². The molecule has 3 rings (SSSR count). The van der Waals surface area contributed by atoms with E-state index in [1.807, 2.05) is 10.8 Å². The van der Waals surface area contributed by atoms with Gasteiger partial charge in [0, 0.05) is 23.7 Å². The first kappa shape index (κ1) is 12.1. The molecule has 3 heterocycles. The van der Waals surface area contributed by atoms with Gasteiger partial charge in [-0.2, -0.15) is 4.98 Å². The Bertz CT molecular complexity index is 729. The molecule has 3 aromatic rings. The van der Waals surface area contributed by atoms with Crippen LogP contribution < -0.4 is 11.3 Å². The first-order chi connectivity index (χ1) is 9.22. The van der Waals surface area contributed by atoms with Crippen LogP contribution in [0.5, 0.6) is 0 Å². The van der Waals surface area contributed by atoms with E-state index in [4.69, 9.17) is 5.84 Å². The molecule has 0 bridgehead atoms. The van der Waals surface area contributed by atoms with Gasteiger partial charge < -0.3 is 0 Å². The summed E-state index contributed by atoms with van der Waals surface area (Å²) < 4.78 is 1.98. The number of nitrogens with zero attached hydrogens (tertiary/aromatic N) is 4. The van der Waals surface area contributed by atoms with Crippen LogP contribution in [0.15, 0.2) is 18.5 Å². The van der Waals surface area contributed by atoms with Crippen molar-refractivity contribution in [3.63, 3.8) is 0 Å². The van der Waals surface area contributed by atoms with Crippen LogP contribution in [0, 0.1) is 6.92 Å². The summed E-state index contributed by atoms with van der Waals surface area (Å²) in [6.45, 7) is 4.12. The summed E-state index contributed by atoms with van der Waals surface area (Å²) >= 11 is 1.63. The molecule has 98 valence electrons. The number of anilines is 1. The second-order valence-electron chi connectivity index (χ2n) is 4.16. The van der Waals surface area contributed by atoms with Crippen molar-refractivity contribution in [1.82, 2.24) is 19.5 Å². The van der Waals surface area contributed by atoms with E-state index >= 15 is 0 Å². The summed E-state index contributed by atoms with van der Waals surface area (Å²) in [7, 11) is 0. The van der Waals surface area contributed by atoms with Crippen molar-refractivity contribution in [3.05, 3.63) is 29.2 Å². The number of hydrazine groups is 1. The molecule has 0 aromatic carbocycles. The molecule has 0 spiro atoms. The van der Waals surface area contributed by atoms with Gasteiger partial charge in [-0.05, 0) is 13.0 Å². The molecule has 19 heavy (non-hydrogen) atoms. The Labute approximate surface area is 114 Å². The molecule has 0 aliphatic rings. The topological polar surface area (TPSA) is 81.7 Å². The van der Waals surface area contributed by atoms with E-state index in [9.17, 15) is 0 Å². The molecule has 0 fully saturated rings. The number of thiophene rings is 1. The Balaban J connectivity index is 2.32. The average Bonchev–Trinajstić information content (AvgIpc) is 3.01. The maximum atomic E-state index is 5.45. The molecule has 6 nitrogen and oxygen atoms in total. The Morgan fingerprint density at radius 1 is 1.42 bits per heavy atom. The minimum absolute atomic E-state index is 0.417. The summed E-state index contributed by atoms with van der Waals surface area (Å²) in [5, 5.41) is 1.02. The smallest absolute Gasteiger partial charge is 0.240 e. The van der Waals surface area contributed by atoms with Crippen LogP contribution in [-0.2, 0) is 6.42 Å². The molecular formula is C12H14N6S. The molecule has 0 atom stereocenters. The van der Waals surface area contributed by atoms with Gasteiger partial charge in [0.2, 0.25) is 5.95 Å². The standard InChI is InChI=1S/C12H14N6S/c1-3-9-14-4-5-18(9)10-8-6-7(2)19-11(8)16-12(15-10)17-13/h4-6H,3,13H2,1-2H3,(H,15,16,17). The highest BCUT2D eigenvalue weighted by atomic mass is 32.1. The van der Waals surface area contributed by atoms with Gasteiger partial charge in [0.1, 0.15) is 10.7 Å². The lowest BCUT2D eigenvalue weighted by Crippen LogP contribution is -2.12. The number of hydrogen-bond acceptors (Lipinski definition) is 6. The number of rotatable bonds is 3. The number of nitrogens with one attached hydrogen (secondary N) is 1. The minimum atomic E-state index is 0.417. The van der Waals surface area contributed by atoms with Crippen LogP contribution in [0.4, 0.5) is 5.95 Å². The van der Waals surface area contributed by atoms with Crippen molar-refractivity contribution in [2.24, 2.45) is 5.84 Å². The zero-order chi connectivity index (χ0) is 13.4. The van der Waals surface area contributed by atoms with Crippen LogP contribution in [-0.4, -0.2) is 19.5 Å². The van der Waals surface area contributed by atoms with Crippen LogP contribution >= 0.6 is 11.3 Å². The van der Waals surface area contributed by atoms with E-state index in [1.54, 1.807) is 17.5 Å². The second kappa shape index (κ2) is 4.60. The number of imidazole rings is 1. The predicted molar refractivity (Wildman–Crippen MR) is 76.5 cm³/mol. The third-order valence-corrected chi connectivity index (χ3v) is 3.83. The van der Waals surface area contributed by atoms with Crippen molar-refractivity contribution in [2.75, 3.05) is 5.43 Å². The summed E-state index contributed by atoms with van der Waals surface area (Å²) in [5.74, 6) is 7.64. The molecule has 0 amide bonds. The van der Waals surface area contributed by atoms with Crippen molar-refractivity contribution in [1.29, 1.82) is 0 Å². The van der Waals surface area contributed by atoms with Gasteiger partial charge in [-0.3, -0.25) is 9.99 Å². The fourth-order valence-electron chi connectivity index (χ4n) is 2.06. The van der Waals surface area contributed by atoms with Gasteiger partial charge in [0.15, 0.2) is 5.82 Å². The molecule has 0 saturated carbocycles. The SMILES string of the molecule is CCc1nccn1-c1nc(NN)nc2sc(C)cc12. The lowest BCUT2D eigenvalue weighted by Gasteiger charge is -2.08. The quantitative estimate of drug-likeness (QED) is 0.564. The normalized spacial score (nSPS) is 11.1. The number of aryl methyl sites for hydroxylation is 2. The monoisotopic (exact) mass is 274 g/mol. The van der Waals surface area contributed by atoms with Gasteiger partial charge >= 0.3 is 0 Å². The van der Waals surface area contributed by atoms with E-state index < -0.39 is 0 Å². The third-order valence-electron chi connectivity index (χ3n) is 2.89. The average molecular weight is 274 g/mol. The molecule has 3 N–H and O–H groups in total. The van der Waals surface area contributed by atoms with Gasteiger partial charge in [-0.1, -0.05) is 6.92 Å². The van der Waals surface area contributed by atoms with E-state index in [0.29, 0.717) is 5.95 Å². The minimum Gasteiger partial charge on any atom is -0.292 e. The van der Waals surface area contributed by atoms with Crippen molar-refractivity contribution < 1.29 is 0 Å². The molecule has 0 radical (unpaired) electrons. The Kier molecular flexibility index (Phi) is 2.92.